The lowest BCUT2D eigenvalue weighted by Gasteiger charge is -2.17. The highest BCUT2D eigenvalue weighted by atomic mass is 32.1. The molecule has 1 saturated heterocycles. The van der Waals surface area contributed by atoms with E-state index in [1.165, 1.54) is 23.5 Å². The van der Waals surface area contributed by atoms with Crippen LogP contribution < -0.4 is 10.6 Å². The molecule has 0 unspecified atom stereocenters. The molecule has 2 heterocycles. The van der Waals surface area contributed by atoms with E-state index in [2.05, 4.69) is 10.6 Å². The van der Waals surface area contributed by atoms with Crippen molar-refractivity contribution in [2.24, 2.45) is 5.92 Å². The molecule has 2 N–H and O–H groups in total. The zero-order valence-corrected chi connectivity index (χ0v) is 13.8. The third kappa shape index (κ3) is 4.32. The monoisotopic (exact) mass is 347 g/mol. The van der Waals surface area contributed by atoms with E-state index in [1.807, 2.05) is 17.5 Å². The van der Waals surface area contributed by atoms with E-state index >= 15 is 0 Å². The third-order valence-electron chi connectivity index (χ3n) is 3.89. The van der Waals surface area contributed by atoms with Gasteiger partial charge in [-0.2, -0.15) is 0 Å². The number of anilines is 1. The van der Waals surface area contributed by atoms with Crippen molar-refractivity contribution in [3.05, 3.63) is 53.2 Å². The first-order valence-electron chi connectivity index (χ1n) is 7.71. The summed E-state index contributed by atoms with van der Waals surface area (Å²) in [4.78, 5) is 25.6. The summed E-state index contributed by atoms with van der Waals surface area (Å²) < 4.78 is 12.9. The van der Waals surface area contributed by atoms with Crippen molar-refractivity contribution in [3.8, 4) is 0 Å². The van der Waals surface area contributed by atoms with Crippen molar-refractivity contribution >= 4 is 28.3 Å². The van der Waals surface area contributed by atoms with Crippen LogP contribution in [0.15, 0.2) is 41.8 Å². The standard InChI is InChI=1S/C17H18FN3O2S/c18-14-5-3-12(4-6-14)10-21-11-13(8-16(21)22)9-19-17(23)20-15-2-1-7-24-15/h1-7,13H,8-11H2,(H2,19,20,23)/t13-/m0/s1. The van der Waals surface area contributed by atoms with Crippen LogP contribution in [0.4, 0.5) is 14.2 Å². The molecule has 5 nitrogen and oxygen atoms in total. The van der Waals surface area contributed by atoms with Gasteiger partial charge >= 0.3 is 6.03 Å². The highest BCUT2D eigenvalue weighted by Gasteiger charge is 2.29. The number of nitrogens with one attached hydrogen (secondary N) is 2. The van der Waals surface area contributed by atoms with Crippen LogP contribution >= 0.6 is 11.3 Å². The molecule has 3 rings (SSSR count). The number of amides is 3. The van der Waals surface area contributed by atoms with Crippen LogP contribution in [0.5, 0.6) is 0 Å². The summed E-state index contributed by atoms with van der Waals surface area (Å²) in [6, 6.07) is 9.58. The second-order valence-electron chi connectivity index (χ2n) is 5.78. The van der Waals surface area contributed by atoms with Gasteiger partial charge in [0.15, 0.2) is 0 Å². The molecule has 1 atom stereocenters. The second-order valence-corrected chi connectivity index (χ2v) is 6.73. The Morgan fingerprint density at radius 2 is 2.08 bits per heavy atom. The molecule has 0 spiro atoms. The largest absolute Gasteiger partial charge is 0.338 e. The van der Waals surface area contributed by atoms with Crippen molar-refractivity contribution in [1.82, 2.24) is 10.2 Å². The number of carbonyl (C=O) groups is 2. The molecule has 1 aromatic heterocycles. The van der Waals surface area contributed by atoms with Gasteiger partial charge in [-0.3, -0.25) is 10.1 Å². The van der Waals surface area contributed by atoms with E-state index in [4.69, 9.17) is 0 Å². The molecule has 0 saturated carbocycles. The molecule has 0 radical (unpaired) electrons. The SMILES string of the molecule is O=C(NC[C@@H]1CC(=O)N(Cc2ccc(F)cc2)C1)Nc1cccs1. The van der Waals surface area contributed by atoms with E-state index in [0.29, 0.717) is 26.1 Å². The highest BCUT2D eigenvalue weighted by Crippen LogP contribution is 2.20. The van der Waals surface area contributed by atoms with Gasteiger partial charge in [-0.25, -0.2) is 9.18 Å². The fraction of sp³-hybridized carbons (Fsp3) is 0.294. The number of halogens is 1. The molecule has 1 aromatic carbocycles. The topological polar surface area (TPSA) is 61.4 Å². The molecule has 126 valence electrons. The Bertz CT molecular complexity index is 703. The number of hydrogen-bond acceptors (Lipinski definition) is 3. The summed E-state index contributed by atoms with van der Waals surface area (Å²) in [5.41, 5.74) is 0.897. The number of benzene rings is 1. The summed E-state index contributed by atoms with van der Waals surface area (Å²) in [7, 11) is 0. The Labute approximate surface area is 143 Å². The number of thiophene rings is 1. The second kappa shape index (κ2) is 7.44. The highest BCUT2D eigenvalue weighted by molar-refractivity contribution is 7.14. The molecule has 7 heteroatoms. The van der Waals surface area contributed by atoms with Gasteiger partial charge in [-0.05, 0) is 35.2 Å². The van der Waals surface area contributed by atoms with Gasteiger partial charge in [0.05, 0.1) is 5.00 Å². The van der Waals surface area contributed by atoms with Crippen LogP contribution in [0, 0.1) is 11.7 Å². The summed E-state index contributed by atoms with van der Waals surface area (Å²) in [6.07, 6.45) is 0.417. The smallest absolute Gasteiger partial charge is 0.319 e. The molecule has 1 aliphatic rings. The Morgan fingerprint density at radius 1 is 1.29 bits per heavy atom. The Morgan fingerprint density at radius 3 is 2.79 bits per heavy atom. The van der Waals surface area contributed by atoms with Crippen LogP contribution in [-0.4, -0.2) is 29.9 Å². The molecule has 1 fully saturated rings. The van der Waals surface area contributed by atoms with Crippen molar-refractivity contribution in [2.75, 3.05) is 18.4 Å². The van der Waals surface area contributed by atoms with Crippen LogP contribution in [0.25, 0.3) is 0 Å². The summed E-state index contributed by atoms with van der Waals surface area (Å²) in [5, 5.41) is 8.22. The zero-order chi connectivity index (χ0) is 16.9. The lowest BCUT2D eigenvalue weighted by molar-refractivity contribution is -0.128. The average molecular weight is 347 g/mol. The molecule has 3 amide bonds. The predicted octanol–water partition coefficient (Wildman–Crippen LogP) is 3.06. The fourth-order valence-corrected chi connectivity index (χ4v) is 3.31. The van der Waals surface area contributed by atoms with E-state index in [-0.39, 0.29) is 23.7 Å². The minimum Gasteiger partial charge on any atom is -0.338 e. The van der Waals surface area contributed by atoms with Crippen LogP contribution in [-0.2, 0) is 11.3 Å². The van der Waals surface area contributed by atoms with Crippen molar-refractivity contribution < 1.29 is 14.0 Å². The average Bonchev–Trinajstić information content (AvgIpc) is 3.18. The zero-order valence-electron chi connectivity index (χ0n) is 13.0. The van der Waals surface area contributed by atoms with Gasteiger partial charge < -0.3 is 10.2 Å². The molecule has 0 aliphatic carbocycles. The first-order chi connectivity index (χ1) is 11.6. The molecule has 0 bridgehead atoms. The number of urea groups is 1. The lowest BCUT2D eigenvalue weighted by atomic mass is 10.1. The van der Waals surface area contributed by atoms with Crippen LogP contribution in [0.1, 0.15) is 12.0 Å². The fourth-order valence-electron chi connectivity index (χ4n) is 2.70. The van der Waals surface area contributed by atoms with Gasteiger partial charge in [-0.1, -0.05) is 12.1 Å². The number of nitrogens with zero attached hydrogens (tertiary/aromatic N) is 1. The summed E-state index contributed by atoms with van der Waals surface area (Å²) in [6.45, 7) is 1.51. The quantitative estimate of drug-likeness (QED) is 0.873. The molecular weight excluding hydrogens is 329 g/mol. The Kier molecular flexibility index (Phi) is 5.10. The minimum atomic E-state index is -0.287. The predicted molar refractivity (Wildman–Crippen MR) is 91.3 cm³/mol. The van der Waals surface area contributed by atoms with Crippen molar-refractivity contribution in [1.29, 1.82) is 0 Å². The van der Waals surface area contributed by atoms with E-state index in [1.54, 1.807) is 17.0 Å². The van der Waals surface area contributed by atoms with E-state index < -0.39 is 0 Å². The summed E-state index contributed by atoms with van der Waals surface area (Å²) >= 11 is 1.45. The van der Waals surface area contributed by atoms with Crippen molar-refractivity contribution in [2.45, 2.75) is 13.0 Å². The number of rotatable bonds is 5. The van der Waals surface area contributed by atoms with Gasteiger partial charge in [-0.15, -0.1) is 11.3 Å². The maximum atomic E-state index is 12.9. The van der Waals surface area contributed by atoms with Crippen LogP contribution in [0.3, 0.4) is 0 Å². The first kappa shape index (κ1) is 16.4. The molecule has 1 aliphatic heterocycles. The van der Waals surface area contributed by atoms with Crippen molar-refractivity contribution in [3.63, 3.8) is 0 Å². The number of carbonyl (C=O) groups excluding carboxylic acids is 2. The Hall–Kier alpha value is -2.41. The van der Waals surface area contributed by atoms with Gasteiger partial charge in [0.2, 0.25) is 5.91 Å². The number of likely N-dealkylation sites (tertiary alicyclic amines) is 1. The third-order valence-corrected chi connectivity index (χ3v) is 4.68. The maximum absolute atomic E-state index is 12.9. The van der Waals surface area contributed by atoms with E-state index in [0.717, 1.165) is 10.6 Å². The maximum Gasteiger partial charge on any atom is 0.319 e. The molecule has 24 heavy (non-hydrogen) atoms. The molecular formula is C17H18FN3O2S. The lowest BCUT2D eigenvalue weighted by Crippen LogP contribution is -2.34. The van der Waals surface area contributed by atoms with E-state index in [9.17, 15) is 14.0 Å². The molecule has 2 aromatic rings. The van der Waals surface area contributed by atoms with Gasteiger partial charge in [0.25, 0.3) is 0 Å². The summed E-state index contributed by atoms with van der Waals surface area (Å²) in [5.74, 6) is -0.137. The minimum absolute atomic E-state index is 0.0600. The van der Waals surface area contributed by atoms with Gasteiger partial charge in [0, 0.05) is 32.0 Å². The number of hydrogen-bond donors (Lipinski definition) is 2. The first-order valence-corrected chi connectivity index (χ1v) is 8.58. The normalized spacial score (nSPS) is 17.1. The van der Waals surface area contributed by atoms with Crippen LogP contribution in [0.2, 0.25) is 0 Å². The Balaban J connectivity index is 1.46. The van der Waals surface area contributed by atoms with Gasteiger partial charge in [0.1, 0.15) is 5.82 Å².